The van der Waals surface area contributed by atoms with Crippen LogP contribution in [0.2, 0.25) is 10.0 Å². The number of hydrogen-bond acceptors (Lipinski definition) is 7. The predicted octanol–water partition coefficient (Wildman–Crippen LogP) is 4.44. The van der Waals surface area contributed by atoms with Crippen molar-refractivity contribution in [2.75, 3.05) is 23.8 Å². The molecule has 0 amide bonds. The molecule has 3 aromatic rings. The predicted molar refractivity (Wildman–Crippen MR) is 100 cm³/mol. The lowest BCUT2D eigenvalue weighted by Crippen LogP contribution is -2.15. The Morgan fingerprint density at radius 3 is 2.42 bits per heavy atom. The van der Waals surface area contributed by atoms with E-state index in [9.17, 15) is 0 Å². The number of aromatic nitrogens is 3. The van der Waals surface area contributed by atoms with Crippen LogP contribution < -0.4 is 20.1 Å². The van der Waals surface area contributed by atoms with Gasteiger partial charge in [-0.2, -0.15) is 10.1 Å². The van der Waals surface area contributed by atoms with Crippen LogP contribution in [0.4, 0.5) is 23.1 Å². The zero-order chi connectivity index (χ0) is 17.9. The van der Waals surface area contributed by atoms with Crippen LogP contribution in [-0.2, 0) is 0 Å². The normalized spacial score (nSPS) is 12.5. The van der Waals surface area contributed by atoms with E-state index < -0.39 is 0 Å². The van der Waals surface area contributed by atoms with Gasteiger partial charge >= 0.3 is 0 Å². The van der Waals surface area contributed by atoms with Crippen molar-refractivity contribution < 1.29 is 9.47 Å². The quantitative estimate of drug-likeness (QED) is 0.682. The van der Waals surface area contributed by atoms with Gasteiger partial charge in [-0.05, 0) is 30.3 Å². The van der Waals surface area contributed by atoms with Gasteiger partial charge in [0, 0.05) is 27.5 Å². The van der Waals surface area contributed by atoms with Crippen molar-refractivity contribution in [2.45, 2.75) is 0 Å². The third kappa shape index (κ3) is 3.89. The van der Waals surface area contributed by atoms with Crippen LogP contribution >= 0.6 is 23.2 Å². The summed E-state index contributed by atoms with van der Waals surface area (Å²) in [6, 6.07) is 10.7. The molecule has 0 saturated carbocycles. The molecule has 0 unspecified atom stereocenters. The maximum Gasteiger partial charge on any atom is 0.249 e. The molecule has 0 saturated heterocycles. The Bertz CT molecular complexity index is 934. The van der Waals surface area contributed by atoms with Crippen LogP contribution in [-0.4, -0.2) is 28.4 Å². The summed E-state index contributed by atoms with van der Waals surface area (Å²) in [5.41, 5.74) is 1.47. The van der Waals surface area contributed by atoms with Gasteiger partial charge in [-0.1, -0.05) is 23.2 Å². The first-order chi connectivity index (χ1) is 12.7. The molecular weight excluding hydrogens is 377 g/mol. The Hall–Kier alpha value is -2.77. The average molecular weight is 390 g/mol. The van der Waals surface area contributed by atoms with Gasteiger partial charge in [-0.3, -0.25) is 0 Å². The van der Waals surface area contributed by atoms with E-state index in [-0.39, 0.29) is 0 Å². The number of nitrogens with zero attached hydrogens (tertiary/aromatic N) is 3. The molecule has 7 nitrogen and oxygen atoms in total. The summed E-state index contributed by atoms with van der Waals surface area (Å²) in [6.45, 7) is 1.08. The summed E-state index contributed by atoms with van der Waals surface area (Å²) in [5, 5.41) is 15.1. The van der Waals surface area contributed by atoms with E-state index in [0.717, 1.165) is 11.4 Å². The van der Waals surface area contributed by atoms with Crippen LogP contribution in [0.3, 0.4) is 0 Å². The van der Waals surface area contributed by atoms with E-state index in [1.807, 2.05) is 18.2 Å². The number of benzene rings is 2. The molecule has 1 aliphatic heterocycles. The summed E-state index contributed by atoms with van der Waals surface area (Å²) in [5.74, 6) is 2.25. The van der Waals surface area contributed by atoms with Crippen molar-refractivity contribution in [3.63, 3.8) is 0 Å². The summed E-state index contributed by atoms with van der Waals surface area (Å²) in [4.78, 5) is 4.38. The van der Waals surface area contributed by atoms with Gasteiger partial charge in [0.15, 0.2) is 17.3 Å². The SMILES string of the molecule is Clc1cc(Cl)cc(Nc2nncc(Nc3ccc4c(c3)OCCO4)n2)c1. The molecule has 1 aromatic heterocycles. The highest BCUT2D eigenvalue weighted by Crippen LogP contribution is 2.33. The second-order valence-corrected chi connectivity index (χ2v) is 6.30. The van der Waals surface area contributed by atoms with Crippen molar-refractivity contribution in [1.29, 1.82) is 0 Å². The minimum atomic E-state index is 0.311. The van der Waals surface area contributed by atoms with E-state index in [2.05, 4.69) is 25.8 Å². The monoisotopic (exact) mass is 389 g/mol. The van der Waals surface area contributed by atoms with E-state index in [1.165, 1.54) is 6.20 Å². The van der Waals surface area contributed by atoms with E-state index in [4.69, 9.17) is 32.7 Å². The van der Waals surface area contributed by atoms with Gasteiger partial charge < -0.3 is 20.1 Å². The molecule has 9 heteroatoms. The Kier molecular flexibility index (Phi) is 4.64. The van der Waals surface area contributed by atoms with Gasteiger partial charge in [0.25, 0.3) is 0 Å². The molecular formula is C17H13Cl2N5O2. The van der Waals surface area contributed by atoms with Crippen molar-refractivity contribution in [2.24, 2.45) is 0 Å². The molecule has 0 spiro atoms. The molecule has 1 aliphatic rings. The first-order valence-electron chi connectivity index (χ1n) is 7.75. The average Bonchev–Trinajstić information content (AvgIpc) is 2.61. The molecule has 0 bridgehead atoms. The Morgan fingerprint density at radius 1 is 0.846 bits per heavy atom. The number of ether oxygens (including phenoxy) is 2. The van der Waals surface area contributed by atoms with Crippen molar-refractivity contribution in [1.82, 2.24) is 15.2 Å². The van der Waals surface area contributed by atoms with Crippen molar-refractivity contribution in [3.8, 4) is 11.5 Å². The van der Waals surface area contributed by atoms with E-state index >= 15 is 0 Å². The minimum Gasteiger partial charge on any atom is -0.486 e. The summed E-state index contributed by atoms with van der Waals surface area (Å²) in [6.07, 6.45) is 1.52. The smallest absolute Gasteiger partial charge is 0.249 e. The molecule has 2 aromatic carbocycles. The van der Waals surface area contributed by atoms with Crippen LogP contribution in [0.15, 0.2) is 42.6 Å². The fraction of sp³-hybridized carbons (Fsp3) is 0.118. The fourth-order valence-corrected chi connectivity index (χ4v) is 2.97. The third-order valence-corrected chi connectivity index (χ3v) is 3.93. The lowest BCUT2D eigenvalue weighted by Gasteiger charge is -2.19. The van der Waals surface area contributed by atoms with Crippen LogP contribution in [0.1, 0.15) is 0 Å². The first-order valence-corrected chi connectivity index (χ1v) is 8.51. The van der Waals surface area contributed by atoms with Gasteiger partial charge in [-0.25, -0.2) is 0 Å². The van der Waals surface area contributed by atoms with Crippen molar-refractivity contribution >= 4 is 46.3 Å². The number of rotatable bonds is 4. The molecule has 26 heavy (non-hydrogen) atoms. The number of nitrogens with one attached hydrogen (secondary N) is 2. The molecule has 0 atom stereocenters. The Balaban J connectivity index is 1.52. The van der Waals surface area contributed by atoms with Crippen LogP contribution in [0, 0.1) is 0 Å². The highest BCUT2D eigenvalue weighted by atomic mass is 35.5. The number of hydrogen-bond donors (Lipinski definition) is 2. The maximum absolute atomic E-state index is 6.00. The highest BCUT2D eigenvalue weighted by molar-refractivity contribution is 6.35. The summed E-state index contributed by atoms with van der Waals surface area (Å²) >= 11 is 12.0. The molecule has 0 fully saturated rings. The second kappa shape index (κ2) is 7.23. The third-order valence-electron chi connectivity index (χ3n) is 3.49. The second-order valence-electron chi connectivity index (χ2n) is 5.43. The van der Waals surface area contributed by atoms with E-state index in [0.29, 0.717) is 46.5 Å². The largest absolute Gasteiger partial charge is 0.486 e. The molecule has 0 radical (unpaired) electrons. The van der Waals surface area contributed by atoms with Gasteiger partial charge in [0.05, 0.1) is 6.20 Å². The zero-order valence-electron chi connectivity index (χ0n) is 13.4. The molecule has 4 rings (SSSR count). The molecule has 132 valence electrons. The standard InChI is InChI=1S/C17H13Cl2N5O2/c18-10-5-11(19)7-13(6-10)22-17-23-16(9-20-24-17)21-12-1-2-14-15(8-12)26-4-3-25-14/h1-2,5-9H,3-4H2,(H2,21,22,23,24). The van der Waals surface area contributed by atoms with Crippen LogP contribution in [0.25, 0.3) is 0 Å². The van der Waals surface area contributed by atoms with Gasteiger partial charge in [0.1, 0.15) is 13.2 Å². The fourth-order valence-electron chi connectivity index (χ4n) is 2.44. The van der Waals surface area contributed by atoms with Gasteiger partial charge in [-0.15, -0.1) is 5.10 Å². The lowest BCUT2D eigenvalue weighted by atomic mass is 10.2. The molecule has 2 N–H and O–H groups in total. The Labute approximate surface area is 159 Å². The van der Waals surface area contributed by atoms with Crippen LogP contribution in [0.5, 0.6) is 11.5 Å². The minimum absolute atomic E-state index is 0.311. The number of halogens is 2. The highest BCUT2D eigenvalue weighted by Gasteiger charge is 2.12. The van der Waals surface area contributed by atoms with Gasteiger partial charge in [0.2, 0.25) is 5.95 Å². The molecule has 2 heterocycles. The lowest BCUT2D eigenvalue weighted by molar-refractivity contribution is 0.171. The first kappa shape index (κ1) is 16.7. The van der Waals surface area contributed by atoms with E-state index in [1.54, 1.807) is 18.2 Å². The van der Waals surface area contributed by atoms with Crippen molar-refractivity contribution in [3.05, 3.63) is 52.6 Å². The summed E-state index contributed by atoms with van der Waals surface area (Å²) < 4.78 is 11.1. The Morgan fingerprint density at radius 2 is 1.62 bits per heavy atom. The maximum atomic E-state index is 6.00. The molecule has 0 aliphatic carbocycles. The number of fused-ring (bicyclic) bond motifs is 1. The summed E-state index contributed by atoms with van der Waals surface area (Å²) in [7, 11) is 0. The number of anilines is 4. The topological polar surface area (TPSA) is 81.2 Å². The zero-order valence-corrected chi connectivity index (χ0v) is 14.9.